The van der Waals surface area contributed by atoms with Gasteiger partial charge in [-0.2, -0.15) is 0 Å². The number of benzene rings is 1. The van der Waals surface area contributed by atoms with E-state index in [1.165, 1.54) is 11.3 Å². The molecule has 1 aromatic rings. The quantitative estimate of drug-likeness (QED) is 0.774. The molecule has 1 aromatic carbocycles. The van der Waals surface area contributed by atoms with Gasteiger partial charge in [0.25, 0.3) is 0 Å². The van der Waals surface area contributed by atoms with Gasteiger partial charge in [0.15, 0.2) is 0 Å². The van der Waals surface area contributed by atoms with Crippen molar-refractivity contribution in [2.24, 2.45) is 0 Å². The summed E-state index contributed by atoms with van der Waals surface area (Å²) < 4.78 is 1.16. The molecule has 1 nitrogen and oxygen atoms in total. The summed E-state index contributed by atoms with van der Waals surface area (Å²) in [4.78, 5) is 0. The van der Waals surface area contributed by atoms with Gasteiger partial charge in [0.05, 0.1) is 0 Å². The van der Waals surface area contributed by atoms with Crippen LogP contribution in [-0.4, -0.2) is 6.04 Å². The molecule has 15 heavy (non-hydrogen) atoms. The zero-order valence-electron chi connectivity index (χ0n) is 9.39. The Kier molecular flexibility index (Phi) is 4.89. The van der Waals surface area contributed by atoms with Crippen LogP contribution in [-0.2, 0) is 0 Å². The lowest BCUT2D eigenvalue weighted by Crippen LogP contribution is -2.14. The smallest absolute Gasteiger partial charge is 0.0345 e. The molecule has 2 heteroatoms. The molecule has 0 bridgehead atoms. The van der Waals surface area contributed by atoms with Crippen molar-refractivity contribution in [2.75, 3.05) is 5.32 Å². The van der Waals surface area contributed by atoms with E-state index in [4.69, 9.17) is 0 Å². The zero-order valence-corrected chi connectivity index (χ0v) is 11.0. The van der Waals surface area contributed by atoms with E-state index in [0.29, 0.717) is 6.04 Å². The van der Waals surface area contributed by atoms with Gasteiger partial charge in [-0.15, -0.1) is 6.58 Å². The predicted molar refractivity (Wildman–Crippen MR) is 71.4 cm³/mol. The Bertz CT molecular complexity index is 333. The highest BCUT2D eigenvalue weighted by Crippen LogP contribution is 2.20. The van der Waals surface area contributed by atoms with Gasteiger partial charge in [0.2, 0.25) is 0 Å². The Morgan fingerprint density at radius 3 is 2.87 bits per heavy atom. The minimum Gasteiger partial charge on any atom is -0.383 e. The molecule has 1 atom stereocenters. The first kappa shape index (κ1) is 12.3. The average Bonchev–Trinajstić information content (AvgIpc) is 2.20. The van der Waals surface area contributed by atoms with Gasteiger partial charge in [0.1, 0.15) is 0 Å². The van der Waals surface area contributed by atoms with E-state index in [1.807, 2.05) is 6.08 Å². The highest BCUT2D eigenvalue weighted by molar-refractivity contribution is 9.10. The fraction of sp³-hybridized carbons (Fsp3) is 0.385. The molecular weight excluding hydrogens is 250 g/mol. The Labute approximate surface area is 101 Å². The third kappa shape index (κ3) is 4.08. The lowest BCUT2D eigenvalue weighted by atomic mass is 10.1. The zero-order chi connectivity index (χ0) is 11.3. The van der Waals surface area contributed by atoms with Crippen LogP contribution in [0.25, 0.3) is 0 Å². The molecule has 0 heterocycles. The predicted octanol–water partition coefficient (Wildman–Crippen LogP) is 4.52. The van der Waals surface area contributed by atoms with E-state index in [1.54, 1.807) is 0 Å². The van der Waals surface area contributed by atoms with E-state index in [9.17, 15) is 0 Å². The van der Waals surface area contributed by atoms with Crippen LogP contribution in [0.5, 0.6) is 0 Å². The Hall–Kier alpha value is -0.760. The van der Waals surface area contributed by atoms with Gasteiger partial charge >= 0.3 is 0 Å². The van der Waals surface area contributed by atoms with Crippen LogP contribution in [0.4, 0.5) is 5.69 Å². The number of hydrogen-bond acceptors (Lipinski definition) is 1. The number of nitrogens with one attached hydrogen (secondary N) is 1. The summed E-state index contributed by atoms with van der Waals surface area (Å²) in [6.07, 6.45) is 4.15. The summed E-state index contributed by atoms with van der Waals surface area (Å²) in [5, 5.41) is 3.48. The second-order valence-electron chi connectivity index (χ2n) is 3.88. The second kappa shape index (κ2) is 5.96. The first-order valence-electron chi connectivity index (χ1n) is 5.27. The van der Waals surface area contributed by atoms with E-state index in [-0.39, 0.29) is 0 Å². The number of hydrogen-bond donors (Lipinski definition) is 1. The van der Waals surface area contributed by atoms with Crippen LogP contribution in [0.3, 0.4) is 0 Å². The van der Waals surface area contributed by atoms with Crippen LogP contribution < -0.4 is 5.32 Å². The van der Waals surface area contributed by atoms with Crippen molar-refractivity contribution in [3.05, 3.63) is 40.9 Å². The van der Waals surface area contributed by atoms with Gasteiger partial charge < -0.3 is 5.32 Å². The molecule has 0 aliphatic heterocycles. The lowest BCUT2D eigenvalue weighted by Gasteiger charge is -2.15. The van der Waals surface area contributed by atoms with Crippen molar-refractivity contribution in [1.29, 1.82) is 0 Å². The first-order valence-corrected chi connectivity index (χ1v) is 6.06. The second-order valence-corrected chi connectivity index (χ2v) is 4.73. The van der Waals surface area contributed by atoms with Crippen molar-refractivity contribution in [3.63, 3.8) is 0 Å². The molecule has 0 radical (unpaired) electrons. The molecule has 0 amide bonds. The number of rotatable bonds is 5. The Balaban J connectivity index is 2.56. The van der Waals surface area contributed by atoms with Crippen LogP contribution in [0.2, 0.25) is 0 Å². The largest absolute Gasteiger partial charge is 0.383 e. The minimum atomic E-state index is 0.489. The van der Waals surface area contributed by atoms with Gasteiger partial charge in [-0.25, -0.2) is 0 Å². The van der Waals surface area contributed by atoms with E-state index >= 15 is 0 Å². The average molecular weight is 268 g/mol. The lowest BCUT2D eigenvalue weighted by molar-refractivity contribution is 0.719. The van der Waals surface area contributed by atoms with Crippen molar-refractivity contribution in [3.8, 4) is 0 Å². The maximum absolute atomic E-state index is 3.73. The Morgan fingerprint density at radius 1 is 1.53 bits per heavy atom. The first-order chi connectivity index (χ1) is 7.13. The molecule has 1 unspecified atom stereocenters. The van der Waals surface area contributed by atoms with Gasteiger partial charge in [-0.05, 0) is 50.5 Å². The molecule has 0 saturated carbocycles. The SMILES string of the molecule is C=CCCC(C)Nc1ccc(Br)c(C)c1. The number of anilines is 1. The molecule has 0 aromatic heterocycles. The van der Waals surface area contributed by atoms with Crippen molar-refractivity contribution in [1.82, 2.24) is 0 Å². The fourth-order valence-electron chi connectivity index (χ4n) is 1.46. The van der Waals surface area contributed by atoms with Crippen LogP contribution in [0.15, 0.2) is 35.3 Å². The van der Waals surface area contributed by atoms with E-state index in [2.05, 4.69) is 59.9 Å². The van der Waals surface area contributed by atoms with Crippen LogP contribution in [0.1, 0.15) is 25.3 Å². The summed E-state index contributed by atoms with van der Waals surface area (Å²) >= 11 is 3.50. The van der Waals surface area contributed by atoms with Crippen LogP contribution >= 0.6 is 15.9 Å². The molecule has 1 rings (SSSR count). The minimum absolute atomic E-state index is 0.489. The molecule has 0 aliphatic carbocycles. The molecule has 0 aliphatic rings. The van der Waals surface area contributed by atoms with Gasteiger partial charge in [-0.1, -0.05) is 22.0 Å². The number of allylic oxidation sites excluding steroid dienone is 1. The van der Waals surface area contributed by atoms with Gasteiger partial charge in [0, 0.05) is 16.2 Å². The highest BCUT2D eigenvalue weighted by atomic mass is 79.9. The normalized spacial score (nSPS) is 12.2. The fourth-order valence-corrected chi connectivity index (χ4v) is 1.71. The Morgan fingerprint density at radius 2 is 2.27 bits per heavy atom. The van der Waals surface area contributed by atoms with Crippen molar-refractivity contribution < 1.29 is 0 Å². The molecule has 1 N–H and O–H groups in total. The molecule has 0 fully saturated rings. The molecule has 0 saturated heterocycles. The van der Waals surface area contributed by atoms with Crippen LogP contribution in [0, 0.1) is 6.92 Å². The third-order valence-corrected chi connectivity index (χ3v) is 3.26. The van der Waals surface area contributed by atoms with Crippen molar-refractivity contribution >= 4 is 21.6 Å². The maximum atomic E-state index is 3.73. The molecular formula is C13H18BrN. The van der Waals surface area contributed by atoms with Crippen molar-refractivity contribution in [2.45, 2.75) is 32.7 Å². The van der Waals surface area contributed by atoms with Gasteiger partial charge in [-0.3, -0.25) is 0 Å². The third-order valence-electron chi connectivity index (χ3n) is 2.37. The standard InChI is InChI=1S/C13H18BrN/c1-4-5-6-11(3)15-12-7-8-13(14)10(2)9-12/h4,7-9,11,15H,1,5-6H2,2-3H3. The number of halogens is 1. The topological polar surface area (TPSA) is 12.0 Å². The summed E-state index contributed by atoms with van der Waals surface area (Å²) in [5.41, 5.74) is 2.45. The molecule has 0 spiro atoms. The highest BCUT2D eigenvalue weighted by Gasteiger charge is 2.02. The van der Waals surface area contributed by atoms with E-state index < -0.39 is 0 Å². The number of aryl methyl sites for hydroxylation is 1. The summed E-state index contributed by atoms with van der Waals surface area (Å²) in [7, 11) is 0. The van der Waals surface area contributed by atoms with E-state index in [0.717, 1.165) is 17.3 Å². The maximum Gasteiger partial charge on any atom is 0.0345 e. The summed E-state index contributed by atoms with van der Waals surface area (Å²) in [5.74, 6) is 0. The molecule has 82 valence electrons. The summed E-state index contributed by atoms with van der Waals surface area (Å²) in [6, 6.07) is 6.83. The summed E-state index contributed by atoms with van der Waals surface area (Å²) in [6.45, 7) is 8.03. The monoisotopic (exact) mass is 267 g/mol.